The van der Waals surface area contributed by atoms with Gasteiger partial charge in [0.15, 0.2) is 17.3 Å². The van der Waals surface area contributed by atoms with Gasteiger partial charge in [0.05, 0.1) is 32.6 Å². The minimum absolute atomic E-state index is 0.0940. The minimum Gasteiger partial charge on any atom is -0.504 e. The number of nitrogens with zero attached hydrogens (tertiary/aromatic N) is 1. The second-order valence-electron chi connectivity index (χ2n) is 7.44. The summed E-state index contributed by atoms with van der Waals surface area (Å²) in [7, 11) is 1.54. The summed E-state index contributed by atoms with van der Waals surface area (Å²) in [5, 5.41) is 14.0. The Morgan fingerprint density at radius 1 is 1.26 bits per heavy atom. The van der Waals surface area contributed by atoms with E-state index >= 15 is 0 Å². The Kier molecular flexibility index (Phi) is 6.31. The van der Waals surface area contributed by atoms with Gasteiger partial charge in [0.1, 0.15) is 5.00 Å². The Bertz CT molecular complexity index is 1050. The monoisotopic (exact) mass is 442 g/mol. The van der Waals surface area contributed by atoms with E-state index < -0.39 is 0 Å². The second kappa shape index (κ2) is 9.13. The van der Waals surface area contributed by atoms with Crippen molar-refractivity contribution in [3.8, 4) is 11.5 Å². The largest absolute Gasteiger partial charge is 0.504 e. The first kappa shape index (κ1) is 21.4. The van der Waals surface area contributed by atoms with Gasteiger partial charge < -0.3 is 24.3 Å². The number of methoxy groups -OCH3 is 1. The van der Waals surface area contributed by atoms with E-state index in [4.69, 9.17) is 13.9 Å². The fourth-order valence-corrected chi connectivity index (χ4v) is 4.99. The number of amides is 1. The van der Waals surface area contributed by atoms with Crippen LogP contribution in [0.3, 0.4) is 0 Å². The lowest BCUT2D eigenvalue weighted by atomic mass is 9.94. The summed E-state index contributed by atoms with van der Waals surface area (Å²) in [6.45, 7) is 6.93. The highest BCUT2D eigenvalue weighted by Crippen LogP contribution is 2.44. The van der Waals surface area contributed by atoms with E-state index in [1.165, 1.54) is 13.4 Å². The highest BCUT2D eigenvalue weighted by Gasteiger charge is 2.31. The van der Waals surface area contributed by atoms with E-state index in [1.807, 2.05) is 12.1 Å². The summed E-state index contributed by atoms with van der Waals surface area (Å²) in [5.41, 5.74) is 3.14. The predicted octanol–water partition coefficient (Wildman–Crippen LogP) is 4.35. The van der Waals surface area contributed by atoms with E-state index in [0.717, 1.165) is 39.7 Å². The number of thiophene rings is 1. The van der Waals surface area contributed by atoms with Gasteiger partial charge in [0.2, 0.25) is 0 Å². The van der Waals surface area contributed by atoms with Crippen LogP contribution in [0.25, 0.3) is 0 Å². The first-order chi connectivity index (χ1) is 15.0. The molecule has 1 fully saturated rings. The maximum atomic E-state index is 12.7. The molecule has 0 radical (unpaired) electrons. The Labute approximate surface area is 185 Å². The average molecular weight is 443 g/mol. The lowest BCUT2D eigenvalue weighted by Crippen LogP contribution is -2.40. The molecule has 8 heteroatoms. The fraction of sp³-hybridized carbons (Fsp3) is 0.348. The third-order valence-corrected chi connectivity index (χ3v) is 6.75. The lowest BCUT2D eigenvalue weighted by Gasteiger charge is -2.36. The van der Waals surface area contributed by atoms with Crippen molar-refractivity contribution in [1.29, 1.82) is 0 Å². The van der Waals surface area contributed by atoms with Crippen molar-refractivity contribution in [3.05, 3.63) is 63.9 Å². The van der Waals surface area contributed by atoms with Crippen LogP contribution in [0.4, 0.5) is 5.00 Å². The van der Waals surface area contributed by atoms with Crippen molar-refractivity contribution in [2.45, 2.75) is 19.9 Å². The number of nitrogens with one attached hydrogen (secondary N) is 1. The molecular weight excluding hydrogens is 416 g/mol. The van der Waals surface area contributed by atoms with Gasteiger partial charge >= 0.3 is 0 Å². The first-order valence-electron chi connectivity index (χ1n) is 10.1. The third kappa shape index (κ3) is 4.32. The van der Waals surface area contributed by atoms with Gasteiger partial charge in [-0.3, -0.25) is 9.69 Å². The molecule has 0 spiro atoms. The number of morpholine rings is 1. The van der Waals surface area contributed by atoms with Gasteiger partial charge in [-0.2, -0.15) is 0 Å². The number of ether oxygens (including phenoxy) is 2. The summed E-state index contributed by atoms with van der Waals surface area (Å²) in [5.74, 6) is 0.499. The second-order valence-corrected chi connectivity index (χ2v) is 8.66. The zero-order valence-electron chi connectivity index (χ0n) is 17.8. The van der Waals surface area contributed by atoms with Gasteiger partial charge in [0.25, 0.3) is 5.91 Å². The maximum absolute atomic E-state index is 12.7. The molecule has 0 bridgehead atoms. The third-order valence-electron chi connectivity index (χ3n) is 5.61. The molecule has 1 saturated heterocycles. The van der Waals surface area contributed by atoms with Crippen molar-refractivity contribution in [3.63, 3.8) is 0 Å². The van der Waals surface area contributed by atoms with Crippen LogP contribution in [-0.4, -0.2) is 49.3 Å². The number of phenols is 1. The number of aryl methyl sites for hydroxylation is 1. The van der Waals surface area contributed by atoms with Crippen molar-refractivity contribution in [2.75, 3.05) is 38.7 Å². The van der Waals surface area contributed by atoms with Crippen molar-refractivity contribution < 1.29 is 23.8 Å². The van der Waals surface area contributed by atoms with Crippen LogP contribution in [-0.2, 0) is 4.74 Å². The van der Waals surface area contributed by atoms with Gasteiger partial charge in [-0.25, -0.2) is 0 Å². The molecule has 1 aliphatic heterocycles. The van der Waals surface area contributed by atoms with E-state index in [9.17, 15) is 9.90 Å². The Morgan fingerprint density at radius 2 is 2.03 bits per heavy atom. The van der Waals surface area contributed by atoms with Crippen LogP contribution in [0.2, 0.25) is 0 Å². The molecule has 3 heterocycles. The number of carbonyl (C=O) groups is 1. The number of hydrogen-bond acceptors (Lipinski definition) is 7. The molecule has 1 unspecified atom stereocenters. The van der Waals surface area contributed by atoms with E-state index in [1.54, 1.807) is 29.5 Å². The molecule has 7 nitrogen and oxygen atoms in total. The molecule has 1 atom stereocenters. The average Bonchev–Trinajstić information content (AvgIpc) is 3.41. The van der Waals surface area contributed by atoms with Crippen LogP contribution < -0.4 is 10.1 Å². The molecular formula is C23H26N2O5S. The number of aromatic hydroxyl groups is 1. The molecule has 164 valence electrons. The summed E-state index contributed by atoms with van der Waals surface area (Å²) in [6.07, 6.45) is 1.49. The number of carbonyl (C=O) groups excluding carboxylic acids is 1. The number of phenolic OH excluding ortho intramolecular Hbond substituents is 1. The summed E-state index contributed by atoms with van der Waals surface area (Å²) < 4.78 is 16.2. The van der Waals surface area contributed by atoms with E-state index in [-0.39, 0.29) is 23.5 Å². The zero-order chi connectivity index (χ0) is 22.0. The molecule has 0 saturated carbocycles. The van der Waals surface area contributed by atoms with E-state index in [2.05, 4.69) is 24.1 Å². The topological polar surface area (TPSA) is 84.2 Å². The van der Waals surface area contributed by atoms with Crippen LogP contribution in [0, 0.1) is 13.8 Å². The van der Waals surface area contributed by atoms with Crippen molar-refractivity contribution in [1.82, 2.24) is 4.90 Å². The zero-order valence-corrected chi connectivity index (χ0v) is 18.6. The minimum atomic E-state index is -0.281. The Balaban J connectivity index is 1.80. The standard InChI is InChI=1S/C23H26N2O5S/c1-14-15(2)31-23(24-22(27)18-5-4-10-30-18)20(14)21(25-8-11-29-12-9-25)16-6-7-17(26)19(13-16)28-3/h4-7,10,13,21,26H,8-9,11-12H2,1-3H3,(H,24,27). The highest BCUT2D eigenvalue weighted by molar-refractivity contribution is 7.16. The first-order valence-corrected chi connectivity index (χ1v) is 10.9. The van der Waals surface area contributed by atoms with Gasteiger partial charge in [-0.05, 0) is 49.2 Å². The quantitative estimate of drug-likeness (QED) is 0.591. The molecule has 0 aliphatic carbocycles. The molecule has 4 rings (SSSR count). The molecule has 31 heavy (non-hydrogen) atoms. The molecule has 1 amide bonds. The number of rotatable bonds is 6. The smallest absolute Gasteiger partial charge is 0.291 e. The predicted molar refractivity (Wildman–Crippen MR) is 119 cm³/mol. The molecule has 2 N–H and O–H groups in total. The van der Waals surface area contributed by atoms with Gasteiger partial charge in [-0.1, -0.05) is 6.07 Å². The number of hydrogen-bond donors (Lipinski definition) is 2. The SMILES string of the molecule is COc1cc(C(c2c(NC(=O)c3ccco3)sc(C)c2C)N2CCOCC2)ccc1O. The van der Waals surface area contributed by atoms with E-state index in [0.29, 0.717) is 19.0 Å². The van der Waals surface area contributed by atoms with Crippen LogP contribution >= 0.6 is 11.3 Å². The van der Waals surface area contributed by atoms with Crippen molar-refractivity contribution >= 4 is 22.2 Å². The summed E-state index contributed by atoms with van der Waals surface area (Å²) in [4.78, 5) is 16.2. The number of benzene rings is 1. The molecule has 3 aromatic rings. The summed E-state index contributed by atoms with van der Waals surface area (Å²) in [6, 6.07) is 8.63. The Hall–Kier alpha value is -2.81. The lowest BCUT2D eigenvalue weighted by molar-refractivity contribution is 0.0240. The fourth-order valence-electron chi connectivity index (χ4n) is 3.90. The van der Waals surface area contributed by atoms with Crippen LogP contribution in [0.5, 0.6) is 11.5 Å². The maximum Gasteiger partial charge on any atom is 0.291 e. The molecule has 1 aromatic carbocycles. The Morgan fingerprint density at radius 3 is 2.71 bits per heavy atom. The van der Waals surface area contributed by atoms with Gasteiger partial charge in [-0.15, -0.1) is 11.3 Å². The molecule has 1 aliphatic rings. The van der Waals surface area contributed by atoms with Crippen LogP contribution in [0.15, 0.2) is 41.0 Å². The normalized spacial score (nSPS) is 15.6. The van der Waals surface area contributed by atoms with Gasteiger partial charge in [0, 0.05) is 23.5 Å². The highest BCUT2D eigenvalue weighted by atomic mass is 32.1. The number of furan rings is 1. The van der Waals surface area contributed by atoms with Crippen LogP contribution in [0.1, 0.15) is 38.2 Å². The number of anilines is 1. The molecule has 2 aromatic heterocycles. The van der Waals surface area contributed by atoms with Crippen molar-refractivity contribution in [2.24, 2.45) is 0 Å². The summed E-state index contributed by atoms with van der Waals surface area (Å²) >= 11 is 1.55.